The van der Waals surface area contributed by atoms with Crippen molar-refractivity contribution < 1.29 is 48.3 Å². The minimum Gasteiger partial charge on any atom is -0.493 e. The van der Waals surface area contributed by atoms with Crippen molar-refractivity contribution in [3.8, 4) is 28.7 Å². The zero-order valence-corrected chi connectivity index (χ0v) is 19.5. The number of ether oxygens (including phenoxy) is 5. The van der Waals surface area contributed by atoms with Crippen LogP contribution < -0.4 is 29.0 Å². The van der Waals surface area contributed by atoms with Gasteiger partial charge in [-0.15, -0.1) is 0 Å². The topological polar surface area (TPSA) is 150 Å². The number of benzene rings is 2. The quantitative estimate of drug-likeness (QED) is 0.422. The predicted molar refractivity (Wildman–Crippen MR) is 122 cm³/mol. The fourth-order valence-corrected chi connectivity index (χ4v) is 3.39. The molecule has 0 aliphatic carbocycles. The summed E-state index contributed by atoms with van der Waals surface area (Å²) < 4.78 is 27.2. The largest absolute Gasteiger partial charge is 0.493 e. The number of allylic oxidation sites excluding steroid dienone is 1. The Labute approximate surface area is 200 Å². The smallest absolute Gasteiger partial charge is 0.328 e. The molecular weight excluding hydrogens is 462 g/mol. The minimum absolute atomic E-state index is 0.0432. The second-order valence-electron chi connectivity index (χ2n) is 7.43. The van der Waals surface area contributed by atoms with Crippen LogP contribution in [-0.2, 0) is 9.59 Å². The zero-order chi connectivity index (χ0) is 25.7. The van der Waals surface area contributed by atoms with Crippen molar-refractivity contribution in [3.05, 3.63) is 47.2 Å². The molecule has 35 heavy (non-hydrogen) atoms. The molecule has 1 amide bonds. The molecule has 2 aromatic rings. The second kappa shape index (κ2) is 10.8. The van der Waals surface area contributed by atoms with Crippen molar-refractivity contribution in [1.82, 2.24) is 5.32 Å². The average molecular weight is 487 g/mol. The van der Waals surface area contributed by atoms with E-state index in [1.807, 2.05) is 0 Å². The first-order chi connectivity index (χ1) is 16.7. The normalized spacial score (nSPS) is 15.0. The van der Waals surface area contributed by atoms with Gasteiger partial charge in [0.2, 0.25) is 11.5 Å². The number of amides is 1. The van der Waals surface area contributed by atoms with Crippen LogP contribution in [0.1, 0.15) is 22.8 Å². The molecule has 0 fully saturated rings. The number of carboxylic acid groups (broad SMARTS) is 1. The van der Waals surface area contributed by atoms with Gasteiger partial charge >= 0.3 is 5.97 Å². The number of aliphatic hydroxyl groups is 1. The van der Waals surface area contributed by atoms with Gasteiger partial charge < -0.3 is 39.2 Å². The minimum atomic E-state index is -1.46. The maximum absolute atomic E-state index is 12.8. The summed E-state index contributed by atoms with van der Waals surface area (Å²) in [6, 6.07) is 6.32. The summed E-state index contributed by atoms with van der Waals surface area (Å²) in [7, 11) is 4.43. The first-order valence-corrected chi connectivity index (χ1v) is 10.4. The van der Waals surface area contributed by atoms with Gasteiger partial charge in [0.25, 0.3) is 5.91 Å². The molecule has 0 aromatic heterocycles. The van der Waals surface area contributed by atoms with E-state index < -0.39 is 30.6 Å². The number of aliphatic hydroxyl groups excluding tert-OH is 1. The van der Waals surface area contributed by atoms with Gasteiger partial charge in [-0.2, -0.15) is 0 Å². The number of ketones is 1. The number of rotatable bonds is 10. The molecule has 1 aliphatic rings. The number of Topliss-reactive ketones (excluding diaryl/α,β-unsaturated/α-hetero) is 1. The molecule has 0 spiro atoms. The van der Waals surface area contributed by atoms with E-state index in [0.717, 1.165) is 0 Å². The molecule has 11 heteroatoms. The molecular formula is C24H25NO10. The summed E-state index contributed by atoms with van der Waals surface area (Å²) in [4.78, 5) is 35.9. The molecule has 3 N–H and O–H groups in total. The van der Waals surface area contributed by atoms with E-state index in [1.165, 1.54) is 52.5 Å². The number of carboxylic acids is 1. The maximum atomic E-state index is 12.8. The molecule has 0 radical (unpaired) electrons. The third-order valence-electron chi connectivity index (χ3n) is 5.10. The Kier molecular flexibility index (Phi) is 7.82. The van der Waals surface area contributed by atoms with E-state index in [-0.39, 0.29) is 23.0 Å². The van der Waals surface area contributed by atoms with Crippen LogP contribution in [0.15, 0.2) is 36.1 Å². The van der Waals surface area contributed by atoms with Crippen LogP contribution in [0.4, 0.5) is 0 Å². The van der Waals surface area contributed by atoms with Crippen molar-refractivity contribution in [3.63, 3.8) is 0 Å². The van der Waals surface area contributed by atoms with E-state index >= 15 is 0 Å². The monoisotopic (exact) mass is 487 g/mol. The molecule has 0 bridgehead atoms. The van der Waals surface area contributed by atoms with E-state index in [1.54, 1.807) is 12.1 Å². The van der Waals surface area contributed by atoms with Gasteiger partial charge in [-0.05, 0) is 37.3 Å². The lowest BCUT2D eigenvalue weighted by atomic mass is 10.1. The Morgan fingerprint density at radius 3 is 2.40 bits per heavy atom. The first-order valence-electron chi connectivity index (χ1n) is 10.4. The fourth-order valence-electron chi connectivity index (χ4n) is 3.39. The highest BCUT2D eigenvalue weighted by Crippen LogP contribution is 2.42. The van der Waals surface area contributed by atoms with E-state index in [2.05, 4.69) is 5.32 Å². The lowest BCUT2D eigenvalue weighted by Gasteiger charge is -2.17. The van der Waals surface area contributed by atoms with E-state index in [9.17, 15) is 19.5 Å². The van der Waals surface area contributed by atoms with Crippen LogP contribution in [-0.4, -0.2) is 68.0 Å². The highest BCUT2D eigenvalue weighted by atomic mass is 16.5. The number of hydrogen-bond donors (Lipinski definition) is 3. The highest BCUT2D eigenvalue weighted by Gasteiger charge is 2.29. The van der Waals surface area contributed by atoms with Gasteiger partial charge in [0.15, 0.2) is 29.9 Å². The summed E-state index contributed by atoms with van der Waals surface area (Å²) in [5, 5.41) is 20.7. The number of fused-ring (bicyclic) bond motifs is 1. The van der Waals surface area contributed by atoms with E-state index in [4.69, 9.17) is 28.8 Å². The molecule has 3 rings (SSSR count). The van der Waals surface area contributed by atoms with Gasteiger partial charge in [0, 0.05) is 11.6 Å². The number of carbonyl (C=O) groups is 3. The zero-order valence-electron chi connectivity index (χ0n) is 19.5. The number of nitrogens with one attached hydrogen (secondary N) is 1. The van der Waals surface area contributed by atoms with Crippen molar-refractivity contribution in [2.24, 2.45) is 0 Å². The number of hydrogen-bond acceptors (Lipinski definition) is 9. The van der Waals surface area contributed by atoms with Crippen molar-refractivity contribution >= 4 is 23.7 Å². The molecule has 1 aliphatic heterocycles. The van der Waals surface area contributed by atoms with Crippen molar-refractivity contribution in [1.29, 1.82) is 0 Å². The maximum Gasteiger partial charge on any atom is 0.328 e. The molecule has 1 heterocycles. The summed E-state index contributed by atoms with van der Waals surface area (Å²) in [6.45, 7) is 0.742. The molecule has 0 saturated heterocycles. The Balaban J connectivity index is 1.76. The van der Waals surface area contributed by atoms with Gasteiger partial charge in [0.05, 0.1) is 33.0 Å². The summed E-state index contributed by atoms with van der Waals surface area (Å²) >= 11 is 0. The average Bonchev–Trinajstić information content (AvgIpc) is 3.14. The molecule has 2 aromatic carbocycles. The lowest BCUT2D eigenvalue weighted by molar-refractivity contribution is -0.145. The predicted octanol–water partition coefficient (Wildman–Crippen LogP) is 1.66. The molecule has 0 unspecified atom stereocenters. The van der Waals surface area contributed by atoms with Gasteiger partial charge in [0.1, 0.15) is 11.5 Å². The fraction of sp³-hybridized carbons (Fsp3) is 0.292. The first kappa shape index (κ1) is 25.4. The number of carbonyl (C=O) groups excluding carboxylic acids is 2. The summed E-state index contributed by atoms with van der Waals surface area (Å²) in [6.07, 6.45) is 0.226. The molecule has 11 nitrogen and oxygen atoms in total. The number of aliphatic carboxylic acids is 1. The van der Waals surface area contributed by atoms with Crippen LogP contribution in [0.5, 0.6) is 28.7 Å². The van der Waals surface area contributed by atoms with Crippen LogP contribution in [0, 0.1) is 0 Å². The third kappa shape index (κ3) is 5.46. The van der Waals surface area contributed by atoms with Crippen molar-refractivity contribution in [2.45, 2.75) is 19.1 Å². The molecule has 0 saturated carbocycles. The van der Waals surface area contributed by atoms with Gasteiger partial charge in [-0.1, -0.05) is 0 Å². The SMILES string of the molecule is COc1ccc(/C=C2\Oc3cc(OCC(=O)N[C@@H](C(=O)O)[C@H](C)O)ccc3C2=O)c(OC)c1OC. The standard InChI is InChI=1S/C24H25NO10/c1-12(26)20(24(29)30)25-19(27)11-34-14-6-7-15-17(10-14)35-18(21(15)28)9-13-5-8-16(31-2)23(33-4)22(13)32-3/h5-10,12,20,26H,11H2,1-4H3,(H,25,27)(H,29,30)/b18-9-/t12-,20+/m0/s1. The Morgan fingerprint density at radius 1 is 1.09 bits per heavy atom. The number of methoxy groups -OCH3 is 3. The molecule has 2 atom stereocenters. The Bertz CT molecular complexity index is 1170. The summed E-state index contributed by atoms with van der Waals surface area (Å²) in [5.74, 6) is -0.793. The van der Waals surface area contributed by atoms with Gasteiger partial charge in [-0.25, -0.2) is 4.79 Å². The Hall–Kier alpha value is -4.25. The Morgan fingerprint density at radius 2 is 1.80 bits per heavy atom. The van der Waals surface area contributed by atoms with Crippen molar-refractivity contribution in [2.75, 3.05) is 27.9 Å². The van der Waals surface area contributed by atoms with Crippen LogP contribution in [0.2, 0.25) is 0 Å². The van der Waals surface area contributed by atoms with Gasteiger partial charge in [-0.3, -0.25) is 9.59 Å². The lowest BCUT2D eigenvalue weighted by Crippen LogP contribution is -2.49. The second-order valence-corrected chi connectivity index (χ2v) is 7.43. The third-order valence-corrected chi connectivity index (χ3v) is 5.10. The summed E-state index contributed by atoms with van der Waals surface area (Å²) in [5.41, 5.74) is 0.827. The van der Waals surface area contributed by atoms with Crippen LogP contribution >= 0.6 is 0 Å². The van der Waals surface area contributed by atoms with E-state index in [0.29, 0.717) is 28.4 Å². The molecule has 186 valence electrons. The van der Waals surface area contributed by atoms with Crippen LogP contribution in [0.25, 0.3) is 6.08 Å². The highest BCUT2D eigenvalue weighted by molar-refractivity contribution is 6.14. The van der Waals surface area contributed by atoms with Crippen LogP contribution in [0.3, 0.4) is 0 Å².